The highest BCUT2D eigenvalue weighted by Gasteiger charge is 2.14. The van der Waals surface area contributed by atoms with Gasteiger partial charge in [-0.1, -0.05) is 12.1 Å². The smallest absolute Gasteiger partial charge is 0.283 e. The molecule has 0 unspecified atom stereocenters. The zero-order chi connectivity index (χ0) is 15.4. The number of aromatic nitrogens is 3. The molecular formula is C15H10N4O2S. The molecule has 2 heterocycles. The van der Waals surface area contributed by atoms with E-state index in [-0.39, 0.29) is 0 Å². The number of para-hydroxylation sites is 1. The van der Waals surface area contributed by atoms with Crippen molar-refractivity contribution in [2.24, 2.45) is 0 Å². The zero-order valence-electron chi connectivity index (χ0n) is 11.6. The topological polar surface area (TPSA) is 84.8 Å². The Bertz CT molecular complexity index is 824. The van der Waals surface area contributed by atoms with E-state index < -0.39 is 0 Å². The molecule has 22 heavy (non-hydrogen) atoms. The molecule has 0 amide bonds. The molecule has 2 aromatic heterocycles. The van der Waals surface area contributed by atoms with Crippen molar-refractivity contribution in [1.82, 2.24) is 15.2 Å². The predicted molar refractivity (Wildman–Crippen MR) is 79.4 cm³/mol. The van der Waals surface area contributed by atoms with Gasteiger partial charge < -0.3 is 9.15 Å². The summed E-state index contributed by atoms with van der Waals surface area (Å²) < 4.78 is 10.9. The van der Waals surface area contributed by atoms with Crippen molar-refractivity contribution >= 4 is 11.8 Å². The molecule has 0 saturated heterocycles. The Hall–Kier alpha value is -2.85. The van der Waals surface area contributed by atoms with E-state index in [2.05, 4.69) is 15.2 Å². The van der Waals surface area contributed by atoms with E-state index in [0.29, 0.717) is 27.5 Å². The second-order valence-electron chi connectivity index (χ2n) is 4.17. The maximum atomic E-state index is 8.75. The minimum atomic E-state index is 0.373. The van der Waals surface area contributed by atoms with E-state index >= 15 is 0 Å². The molecule has 0 atom stereocenters. The Morgan fingerprint density at radius 2 is 2.05 bits per heavy atom. The predicted octanol–water partition coefficient (Wildman–Crippen LogP) is 3.16. The number of pyridine rings is 1. The highest BCUT2D eigenvalue weighted by molar-refractivity contribution is 7.99. The second kappa shape index (κ2) is 6.28. The third-order valence-electron chi connectivity index (χ3n) is 2.80. The molecule has 0 aliphatic heterocycles. The molecule has 0 radical (unpaired) electrons. The van der Waals surface area contributed by atoms with Crippen LogP contribution in [-0.2, 0) is 0 Å². The van der Waals surface area contributed by atoms with Gasteiger partial charge in [-0.3, -0.25) is 0 Å². The van der Waals surface area contributed by atoms with Crippen LogP contribution in [0.5, 0.6) is 5.75 Å². The van der Waals surface area contributed by atoms with Crippen molar-refractivity contribution in [2.75, 3.05) is 7.11 Å². The number of methoxy groups -OCH3 is 1. The van der Waals surface area contributed by atoms with Crippen LogP contribution in [0.3, 0.4) is 0 Å². The fraction of sp³-hybridized carbons (Fsp3) is 0.0667. The number of benzene rings is 1. The zero-order valence-corrected chi connectivity index (χ0v) is 12.4. The lowest BCUT2D eigenvalue weighted by molar-refractivity contribution is 0.411. The largest absolute Gasteiger partial charge is 0.496 e. The lowest BCUT2D eigenvalue weighted by Crippen LogP contribution is -1.87. The first-order valence-corrected chi connectivity index (χ1v) is 7.12. The highest BCUT2D eigenvalue weighted by atomic mass is 32.2. The molecule has 0 fully saturated rings. The van der Waals surface area contributed by atoms with Gasteiger partial charge in [-0.2, -0.15) is 5.26 Å². The summed E-state index contributed by atoms with van der Waals surface area (Å²) in [5, 5.41) is 17.8. The number of rotatable bonds is 4. The summed E-state index contributed by atoms with van der Waals surface area (Å²) in [6, 6.07) is 12.9. The summed E-state index contributed by atoms with van der Waals surface area (Å²) in [7, 11) is 1.59. The molecule has 7 heteroatoms. The van der Waals surface area contributed by atoms with Gasteiger partial charge in [-0.05, 0) is 36.0 Å². The van der Waals surface area contributed by atoms with Gasteiger partial charge >= 0.3 is 0 Å². The molecule has 0 saturated carbocycles. The van der Waals surface area contributed by atoms with E-state index in [0.717, 1.165) is 5.56 Å². The van der Waals surface area contributed by atoms with Gasteiger partial charge in [0.2, 0.25) is 0 Å². The minimum absolute atomic E-state index is 0.373. The molecule has 0 N–H and O–H groups in total. The third-order valence-corrected chi connectivity index (χ3v) is 3.59. The summed E-state index contributed by atoms with van der Waals surface area (Å²) >= 11 is 1.23. The average Bonchev–Trinajstić information content (AvgIpc) is 3.04. The van der Waals surface area contributed by atoms with Gasteiger partial charge in [0.1, 0.15) is 16.8 Å². The molecule has 0 aliphatic carbocycles. The number of ether oxygens (including phenoxy) is 1. The lowest BCUT2D eigenvalue weighted by Gasteiger charge is -2.03. The van der Waals surface area contributed by atoms with Gasteiger partial charge in [0.15, 0.2) is 0 Å². The minimum Gasteiger partial charge on any atom is -0.496 e. The van der Waals surface area contributed by atoms with E-state index in [4.69, 9.17) is 14.4 Å². The SMILES string of the molecule is COc1ccccc1-c1nnc(Sc2ccc(C#N)cn2)o1. The Morgan fingerprint density at radius 1 is 1.18 bits per heavy atom. The summed E-state index contributed by atoms with van der Waals surface area (Å²) in [6.07, 6.45) is 1.50. The quantitative estimate of drug-likeness (QED) is 0.731. The van der Waals surface area contributed by atoms with Gasteiger partial charge in [0.05, 0.1) is 18.2 Å². The molecule has 0 spiro atoms. The van der Waals surface area contributed by atoms with Crippen LogP contribution in [0.2, 0.25) is 0 Å². The van der Waals surface area contributed by atoms with E-state index in [1.807, 2.05) is 30.3 Å². The maximum absolute atomic E-state index is 8.75. The Morgan fingerprint density at radius 3 is 2.77 bits per heavy atom. The molecular weight excluding hydrogens is 300 g/mol. The molecule has 108 valence electrons. The van der Waals surface area contributed by atoms with Crippen LogP contribution in [-0.4, -0.2) is 22.3 Å². The number of nitrogens with zero attached hydrogens (tertiary/aromatic N) is 4. The van der Waals surface area contributed by atoms with E-state index in [1.54, 1.807) is 19.2 Å². The van der Waals surface area contributed by atoms with Crippen LogP contribution in [0, 0.1) is 11.3 Å². The maximum Gasteiger partial charge on any atom is 0.283 e. The van der Waals surface area contributed by atoms with Crippen molar-refractivity contribution in [1.29, 1.82) is 5.26 Å². The van der Waals surface area contributed by atoms with Gasteiger partial charge in [-0.15, -0.1) is 10.2 Å². The van der Waals surface area contributed by atoms with E-state index in [9.17, 15) is 0 Å². The van der Waals surface area contributed by atoms with Crippen LogP contribution < -0.4 is 4.74 Å². The number of hydrogen-bond acceptors (Lipinski definition) is 7. The van der Waals surface area contributed by atoms with Gasteiger partial charge in [0, 0.05) is 6.20 Å². The average molecular weight is 310 g/mol. The van der Waals surface area contributed by atoms with Gasteiger partial charge in [-0.25, -0.2) is 4.98 Å². The number of nitriles is 1. The Kier molecular flexibility index (Phi) is 4.03. The second-order valence-corrected chi connectivity index (χ2v) is 5.14. The molecule has 3 rings (SSSR count). The van der Waals surface area contributed by atoms with Crippen molar-refractivity contribution in [3.63, 3.8) is 0 Å². The fourth-order valence-electron chi connectivity index (χ4n) is 1.78. The molecule has 3 aromatic rings. The van der Waals surface area contributed by atoms with Crippen LogP contribution in [0.15, 0.2) is 57.3 Å². The van der Waals surface area contributed by atoms with Crippen LogP contribution in [0.4, 0.5) is 0 Å². The Labute approximate surface area is 130 Å². The normalized spacial score (nSPS) is 10.2. The van der Waals surface area contributed by atoms with Crippen molar-refractivity contribution < 1.29 is 9.15 Å². The molecule has 1 aromatic carbocycles. The van der Waals surface area contributed by atoms with Crippen molar-refractivity contribution in [3.05, 3.63) is 48.2 Å². The van der Waals surface area contributed by atoms with Crippen LogP contribution in [0.1, 0.15) is 5.56 Å². The van der Waals surface area contributed by atoms with Crippen molar-refractivity contribution in [2.45, 2.75) is 10.2 Å². The standard InChI is InChI=1S/C15H10N4O2S/c1-20-12-5-3-2-4-11(12)14-18-19-15(21-14)22-13-7-6-10(8-16)9-17-13/h2-7,9H,1H3. The summed E-state index contributed by atoms with van der Waals surface area (Å²) in [5.74, 6) is 1.05. The fourth-order valence-corrected chi connectivity index (χ4v) is 2.40. The van der Waals surface area contributed by atoms with Gasteiger partial charge in [0.25, 0.3) is 11.1 Å². The third kappa shape index (κ3) is 2.92. The first kappa shape index (κ1) is 14.1. The molecule has 0 aliphatic rings. The van der Waals surface area contributed by atoms with Crippen LogP contribution >= 0.6 is 11.8 Å². The monoisotopic (exact) mass is 310 g/mol. The highest BCUT2D eigenvalue weighted by Crippen LogP contribution is 2.32. The molecule has 0 bridgehead atoms. The lowest BCUT2D eigenvalue weighted by atomic mass is 10.2. The molecule has 6 nitrogen and oxygen atoms in total. The van der Waals surface area contributed by atoms with E-state index in [1.165, 1.54) is 18.0 Å². The summed E-state index contributed by atoms with van der Waals surface area (Å²) in [4.78, 5) is 4.15. The van der Waals surface area contributed by atoms with Crippen LogP contribution in [0.25, 0.3) is 11.5 Å². The first-order chi connectivity index (χ1) is 10.8. The summed E-state index contributed by atoms with van der Waals surface area (Å²) in [5.41, 5.74) is 1.24. The Balaban J connectivity index is 1.83. The summed E-state index contributed by atoms with van der Waals surface area (Å²) in [6.45, 7) is 0. The first-order valence-electron chi connectivity index (χ1n) is 6.31. The van der Waals surface area contributed by atoms with Crippen molar-refractivity contribution in [3.8, 4) is 23.3 Å². The number of hydrogen-bond donors (Lipinski definition) is 0.